The van der Waals surface area contributed by atoms with Crippen molar-refractivity contribution in [1.82, 2.24) is 9.38 Å². The van der Waals surface area contributed by atoms with E-state index in [1.165, 1.54) is 22.9 Å². The Morgan fingerprint density at radius 2 is 2.38 bits per heavy atom. The standard InChI is InChI=1S/C7H4ClN3O2/c8-6-3-5(11(12)13)4-10-2-1-9-7(6)10/h1-4H. The Balaban J connectivity index is 2.77. The summed E-state index contributed by atoms with van der Waals surface area (Å²) in [4.78, 5) is 13.9. The number of halogens is 1. The van der Waals surface area contributed by atoms with Crippen molar-refractivity contribution < 1.29 is 4.92 Å². The molecule has 5 nitrogen and oxygen atoms in total. The molecular weight excluding hydrogens is 194 g/mol. The van der Waals surface area contributed by atoms with Crippen LogP contribution in [0, 0.1) is 10.1 Å². The summed E-state index contributed by atoms with van der Waals surface area (Å²) in [5, 5.41) is 10.7. The summed E-state index contributed by atoms with van der Waals surface area (Å²) in [6.45, 7) is 0. The highest BCUT2D eigenvalue weighted by Crippen LogP contribution is 2.21. The molecular formula is C7H4ClN3O2. The number of fused-ring (bicyclic) bond motifs is 1. The van der Waals surface area contributed by atoms with Crippen molar-refractivity contribution in [3.8, 4) is 0 Å². The second kappa shape index (κ2) is 2.70. The van der Waals surface area contributed by atoms with Gasteiger partial charge in [-0.3, -0.25) is 14.5 Å². The molecule has 0 saturated heterocycles. The maximum absolute atomic E-state index is 10.4. The van der Waals surface area contributed by atoms with Gasteiger partial charge < -0.3 is 0 Å². The molecule has 6 heteroatoms. The molecule has 0 N–H and O–H groups in total. The van der Waals surface area contributed by atoms with Crippen molar-refractivity contribution in [3.05, 3.63) is 39.8 Å². The van der Waals surface area contributed by atoms with E-state index in [0.717, 1.165) is 0 Å². The lowest BCUT2D eigenvalue weighted by atomic mass is 10.4. The third-order valence-electron chi connectivity index (χ3n) is 1.64. The molecule has 0 unspecified atom stereocenters. The van der Waals surface area contributed by atoms with Gasteiger partial charge in [0, 0.05) is 18.5 Å². The number of nitrogens with zero attached hydrogens (tertiary/aromatic N) is 3. The van der Waals surface area contributed by atoms with Crippen LogP contribution in [0.2, 0.25) is 5.02 Å². The van der Waals surface area contributed by atoms with Crippen molar-refractivity contribution >= 4 is 22.9 Å². The third-order valence-corrected chi connectivity index (χ3v) is 1.92. The molecule has 0 bridgehead atoms. The van der Waals surface area contributed by atoms with Crippen LogP contribution in [0.5, 0.6) is 0 Å². The Morgan fingerprint density at radius 1 is 1.62 bits per heavy atom. The fourth-order valence-corrected chi connectivity index (χ4v) is 1.33. The first-order chi connectivity index (χ1) is 6.18. The molecule has 66 valence electrons. The molecule has 2 aromatic rings. The summed E-state index contributed by atoms with van der Waals surface area (Å²) < 4.78 is 1.51. The van der Waals surface area contributed by atoms with Gasteiger partial charge in [-0.25, -0.2) is 4.98 Å². The number of nitro groups is 1. The predicted molar refractivity (Wildman–Crippen MR) is 46.9 cm³/mol. The summed E-state index contributed by atoms with van der Waals surface area (Å²) in [5.41, 5.74) is 0.475. The fraction of sp³-hybridized carbons (Fsp3) is 0. The fourth-order valence-electron chi connectivity index (χ4n) is 1.08. The molecule has 2 heterocycles. The van der Waals surface area contributed by atoms with Gasteiger partial charge >= 0.3 is 0 Å². The van der Waals surface area contributed by atoms with Gasteiger partial charge in [0.2, 0.25) is 0 Å². The number of rotatable bonds is 1. The summed E-state index contributed by atoms with van der Waals surface area (Å²) in [6, 6.07) is 1.28. The summed E-state index contributed by atoms with van der Waals surface area (Å²) in [6.07, 6.45) is 4.51. The van der Waals surface area contributed by atoms with Crippen molar-refractivity contribution in [1.29, 1.82) is 0 Å². The number of imidazole rings is 1. The van der Waals surface area contributed by atoms with Crippen LogP contribution in [0.15, 0.2) is 24.7 Å². The minimum Gasteiger partial charge on any atom is -0.299 e. The van der Waals surface area contributed by atoms with E-state index in [2.05, 4.69) is 4.98 Å². The van der Waals surface area contributed by atoms with E-state index in [-0.39, 0.29) is 10.7 Å². The van der Waals surface area contributed by atoms with E-state index in [9.17, 15) is 10.1 Å². The minimum atomic E-state index is -0.495. The number of pyridine rings is 1. The average Bonchev–Trinajstić information content (AvgIpc) is 2.51. The van der Waals surface area contributed by atoms with E-state index in [4.69, 9.17) is 11.6 Å². The molecule has 0 radical (unpaired) electrons. The predicted octanol–water partition coefficient (Wildman–Crippen LogP) is 1.90. The van der Waals surface area contributed by atoms with Crippen LogP contribution < -0.4 is 0 Å². The molecule has 0 amide bonds. The smallest absolute Gasteiger partial charge is 0.287 e. The molecule has 0 saturated carbocycles. The largest absolute Gasteiger partial charge is 0.299 e. The van der Waals surface area contributed by atoms with Crippen molar-refractivity contribution in [3.63, 3.8) is 0 Å². The zero-order valence-corrected chi connectivity index (χ0v) is 7.10. The van der Waals surface area contributed by atoms with Crippen LogP contribution in [-0.4, -0.2) is 14.3 Å². The van der Waals surface area contributed by atoms with Gasteiger partial charge in [-0.05, 0) is 0 Å². The maximum atomic E-state index is 10.4. The minimum absolute atomic E-state index is 0.0458. The van der Waals surface area contributed by atoms with Gasteiger partial charge in [-0.2, -0.15) is 0 Å². The Kier molecular flexibility index (Phi) is 1.66. The highest BCUT2D eigenvalue weighted by molar-refractivity contribution is 6.33. The molecule has 0 aromatic carbocycles. The molecule has 2 aromatic heterocycles. The number of aromatic nitrogens is 2. The van der Waals surface area contributed by atoms with Crippen molar-refractivity contribution in [2.24, 2.45) is 0 Å². The van der Waals surface area contributed by atoms with Crippen LogP contribution in [0.1, 0.15) is 0 Å². The first-order valence-corrected chi connectivity index (χ1v) is 3.83. The topological polar surface area (TPSA) is 60.4 Å². The highest BCUT2D eigenvalue weighted by atomic mass is 35.5. The van der Waals surface area contributed by atoms with Crippen LogP contribution in [0.25, 0.3) is 5.65 Å². The molecule has 0 atom stereocenters. The molecule has 0 aliphatic rings. The molecule has 0 fully saturated rings. The first kappa shape index (κ1) is 8.00. The van der Waals surface area contributed by atoms with Gasteiger partial charge in [-0.1, -0.05) is 11.6 Å². The molecule has 0 aliphatic carbocycles. The van der Waals surface area contributed by atoms with Crippen molar-refractivity contribution in [2.75, 3.05) is 0 Å². The highest BCUT2D eigenvalue weighted by Gasteiger charge is 2.10. The SMILES string of the molecule is O=[N+]([O-])c1cc(Cl)c2nccn2c1. The van der Waals surface area contributed by atoms with Crippen LogP contribution in [0.4, 0.5) is 5.69 Å². The lowest BCUT2D eigenvalue weighted by Crippen LogP contribution is -1.92. The van der Waals surface area contributed by atoms with Gasteiger partial charge in [0.1, 0.15) is 0 Å². The van der Waals surface area contributed by atoms with Gasteiger partial charge in [-0.15, -0.1) is 0 Å². The molecule has 2 rings (SSSR count). The second-order valence-electron chi connectivity index (χ2n) is 2.46. The molecule has 13 heavy (non-hydrogen) atoms. The van der Waals surface area contributed by atoms with Gasteiger partial charge in [0.05, 0.1) is 16.1 Å². The summed E-state index contributed by atoms with van der Waals surface area (Å²) in [5.74, 6) is 0. The Morgan fingerprint density at radius 3 is 3.08 bits per heavy atom. The average molecular weight is 198 g/mol. The van der Waals surface area contributed by atoms with Crippen LogP contribution in [0.3, 0.4) is 0 Å². The van der Waals surface area contributed by atoms with E-state index < -0.39 is 4.92 Å². The normalized spacial score (nSPS) is 10.5. The Labute approximate surface area is 77.7 Å². The van der Waals surface area contributed by atoms with E-state index in [1.54, 1.807) is 6.20 Å². The molecule has 0 aliphatic heterocycles. The number of hydrogen-bond donors (Lipinski definition) is 0. The van der Waals surface area contributed by atoms with Crippen LogP contribution in [-0.2, 0) is 0 Å². The summed E-state index contributed by atoms with van der Waals surface area (Å²) in [7, 11) is 0. The summed E-state index contributed by atoms with van der Waals surface area (Å²) >= 11 is 5.76. The Hall–Kier alpha value is -1.62. The Bertz CT molecular complexity index is 480. The zero-order chi connectivity index (χ0) is 9.42. The third kappa shape index (κ3) is 1.23. The lowest BCUT2D eigenvalue weighted by Gasteiger charge is -1.96. The zero-order valence-electron chi connectivity index (χ0n) is 6.35. The lowest BCUT2D eigenvalue weighted by molar-refractivity contribution is -0.385. The van der Waals surface area contributed by atoms with Crippen LogP contribution >= 0.6 is 11.6 Å². The number of hydrogen-bond acceptors (Lipinski definition) is 3. The second-order valence-corrected chi connectivity index (χ2v) is 2.87. The van der Waals surface area contributed by atoms with E-state index >= 15 is 0 Å². The quantitative estimate of drug-likeness (QED) is 0.518. The van der Waals surface area contributed by atoms with E-state index in [1.807, 2.05) is 0 Å². The molecule has 0 spiro atoms. The van der Waals surface area contributed by atoms with Gasteiger partial charge in [0.15, 0.2) is 5.65 Å². The first-order valence-electron chi connectivity index (χ1n) is 3.45. The van der Waals surface area contributed by atoms with E-state index in [0.29, 0.717) is 5.65 Å². The van der Waals surface area contributed by atoms with Crippen molar-refractivity contribution in [2.45, 2.75) is 0 Å². The maximum Gasteiger partial charge on any atom is 0.287 e. The van der Waals surface area contributed by atoms with Gasteiger partial charge in [0.25, 0.3) is 5.69 Å². The monoisotopic (exact) mass is 197 g/mol.